The van der Waals surface area contributed by atoms with Crippen molar-refractivity contribution in [3.05, 3.63) is 71.8 Å². The highest BCUT2D eigenvalue weighted by Gasteiger charge is 2.55. The molecule has 1 N–H and O–H groups in total. The lowest BCUT2D eigenvalue weighted by atomic mass is 9.97. The SMILES string of the molecule is CC(=O)OC1OC(C(=O)NCCC(C(=O)OCc2ccccc2)C(=O)OCc2ccccc2)C(OC(C)=O)C(OC(C)=O)C1OC(C)=O. The maximum Gasteiger partial charge on any atom is 0.320 e. The van der Waals surface area contributed by atoms with Crippen molar-refractivity contribution in [3.63, 3.8) is 0 Å². The number of carbonyl (C=O) groups excluding carboxylic acids is 7. The molecule has 0 saturated carbocycles. The Kier molecular flexibility index (Phi) is 14.0. The van der Waals surface area contributed by atoms with Crippen molar-refractivity contribution in [3.8, 4) is 0 Å². The highest BCUT2D eigenvalue weighted by molar-refractivity contribution is 5.95. The van der Waals surface area contributed by atoms with E-state index in [0.717, 1.165) is 27.7 Å². The Hall–Kier alpha value is -5.31. The molecule has 5 unspecified atom stereocenters. The number of benzene rings is 2. The van der Waals surface area contributed by atoms with Crippen molar-refractivity contribution in [1.29, 1.82) is 0 Å². The predicted molar refractivity (Wildman–Crippen MR) is 161 cm³/mol. The number of hydrogen-bond acceptors (Lipinski definition) is 14. The van der Waals surface area contributed by atoms with E-state index in [1.54, 1.807) is 60.7 Å². The zero-order chi connectivity index (χ0) is 35.2. The van der Waals surface area contributed by atoms with Gasteiger partial charge in [-0.2, -0.15) is 0 Å². The van der Waals surface area contributed by atoms with E-state index in [2.05, 4.69) is 5.32 Å². The smallest absolute Gasteiger partial charge is 0.320 e. The summed E-state index contributed by atoms with van der Waals surface area (Å²) in [5.74, 6) is -7.80. The standard InChI is InChI=1S/C33H37NO14/c1-19(35)44-26-27(45-20(2)36)29(46-21(3)37)33(47-22(4)38)48-28(26)30(39)34-16-15-25(31(40)42-17-23-11-7-5-8-12-23)32(41)43-18-24-13-9-6-10-14-24/h5-14,25-29,33H,15-18H2,1-4H3,(H,34,39). The van der Waals surface area contributed by atoms with Crippen LogP contribution in [-0.4, -0.2) is 79.0 Å². The van der Waals surface area contributed by atoms with Crippen LogP contribution < -0.4 is 5.32 Å². The molecule has 0 aliphatic carbocycles. The number of esters is 6. The molecule has 1 aliphatic rings. The average Bonchev–Trinajstić information content (AvgIpc) is 3.03. The molecule has 15 nitrogen and oxygen atoms in total. The molecule has 15 heteroatoms. The van der Waals surface area contributed by atoms with Gasteiger partial charge in [-0.25, -0.2) is 0 Å². The molecule has 258 valence electrons. The van der Waals surface area contributed by atoms with E-state index in [4.69, 9.17) is 33.2 Å². The molecule has 0 bridgehead atoms. The number of hydrogen-bond donors (Lipinski definition) is 1. The van der Waals surface area contributed by atoms with Crippen LogP contribution in [0.4, 0.5) is 0 Å². The maximum atomic E-state index is 13.5. The quantitative estimate of drug-likeness (QED) is 0.173. The largest absolute Gasteiger partial charge is 0.460 e. The molecule has 1 saturated heterocycles. The third-order valence-corrected chi connectivity index (χ3v) is 6.69. The summed E-state index contributed by atoms with van der Waals surface area (Å²) in [6, 6.07) is 17.5. The van der Waals surface area contributed by atoms with Gasteiger partial charge in [0.05, 0.1) is 0 Å². The van der Waals surface area contributed by atoms with Crippen LogP contribution >= 0.6 is 0 Å². The molecule has 1 fully saturated rings. The van der Waals surface area contributed by atoms with Gasteiger partial charge < -0.3 is 38.5 Å². The molecule has 1 heterocycles. The van der Waals surface area contributed by atoms with Gasteiger partial charge in [-0.15, -0.1) is 0 Å². The monoisotopic (exact) mass is 671 g/mol. The van der Waals surface area contributed by atoms with Crippen LogP contribution in [0.15, 0.2) is 60.7 Å². The lowest BCUT2D eigenvalue weighted by Gasteiger charge is -2.43. The minimum absolute atomic E-state index is 0.118. The molecule has 5 atom stereocenters. The Bertz CT molecular complexity index is 1390. The van der Waals surface area contributed by atoms with E-state index >= 15 is 0 Å². The van der Waals surface area contributed by atoms with Gasteiger partial charge in [0.25, 0.3) is 5.91 Å². The molecule has 2 aromatic carbocycles. The fourth-order valence-electron chi connectivity index (χ4n) is 4.67. The van der Waals surface area contributed by atoms with Crippen LogP contribution in [0.2, 0.25) is 0 Å². The second-order valence-electron chi connectivity index (χ2n) is 10.6. The molecule has 48 heavy (non-hydrogen) atoms. The van der Waals surface area contributed by atoms with Crippen molar-refractivity contribution in [2.24, 2.45) is 5.92 Å². The Morgan fingerprint density at radius 2 is 1.06 bits per heavy atom. The van der Waals surface area contributed by atoms with Crippen LogP contribution in [0.25, 0.3) is 0 Å². The summed E-state index contributed by atoms with van der Waals surface area (Å²) in [4.78, 5) is 87.4. The molecule has 2 aromatic rings. The van der Waals surface area contributed by atoms with E-state index in [1.165, 1.54) is 0 Å². The van der Waals surface area contributed by atoms with Crippen molar-refractivity contribution < 1.29 is 66.7 Å². The molecule has 0 spiro atoms. The van der Waals surface area contributed by atoms with Crippen LogP contribution in [0.5, 0.6) is 0 Å². The number of ether oxygens (including phenoxy) is 7. The molecular formula is C33H37NO14. The van der Waals surface area contributed by atoms with Crippen molar-refractivity contribution in [2.75, 3.05) is 6.54 Å². The summed E-state index contributed by atoms with van der Waals surface area (Å²) in [5, 5.41) is 2.49. The molecule has 1 amide bonds. The summed E-state index contributed by atoms with van der Waals surface area (Å²) >= 11 is 0. The van der Waals surface area contributed by atoms with Crippen LogP contribution in [0.3, 0.4) is 0 Å². The Balaban J connectivity index is 1.79. The predicted octanol–water partition coefficient (Wildman–Crippen LogP) is 1.68. The van der Waals surface area contributed by atoms with E-state index in [9.17, 15) is 33.6 Å². The summed E-state index contributed by atoms with van der Waals surface area (Å²) in [5.41, 5.74) is 1.36. The van der Waals surface area contributed by atoms with E-state index in [0.29, 0.717) is 11.1 Å². The van der Waals surface area contributed by atoms with Crippen molar-refractivity contribution in [2.45, 2.75) is 78.0 Å². The number of amides is 1. The summed E-state index contributed by atoms with van der Waals surface area (Å²) in [6.45, 7) is 3.54. The first kappa shape index (κ1) is 37.2. The van der Waals surface area contributed by atoms with Gasteiger partial charge in [0, 0.05) is 34.2 Å². The fourth-order valence-corrected chi connectivity index (χ4v) is 4.67. The Morgan fingerprint density at radius 3 is 1.52 bits per heavy atom. The number of nitrogens with one attached hydrogen (secondary N) is 1. The first-order chi connectivity index (χ1) is 22.8. The molecule has 0 radical (unpaired) electrons. The van der Waals surface area contributed by atoms with Crippen LogP contribution in [-0.2, 0) is 79.9 Å². The first-order valence-electron chi connectivity index (χ1n) is 14.9. The van der Waals surface area contributed by atoms with Gasteiger partial charge in [-0.3, -0.25) is 33.6 Å². The first-order valence-corrected chi connectivity index (χ1v) is 14.9. The normalized spacial score (nSPS) is 20.1. The zero-order valence-electron chi connectivity index (χ0n) is 26.8. The molecule has 0 aromatic heterocycles. The van der Waals surface area contributed by atoms with Gasteiger partial charge >= 0.3 is 35.8 Å². The highest BCUT2D eigenvalue weighted by atomic mass is 16.7. The number of rotatable bonds is 14. The third kappa shape index (κ3) is 11.5. The molecule has 1 aliphatic heterocycles. The number of carbonyl (C=O) groups is 7. The maximum absolute atomic E-state index is 13.5. The van der Waals surface area contributed by atoms with Gasteiger partial charge in [-0.1, -0.05) is 60.7 Å². The van der Waals surface area contributed by atoms with Crippen LogP contribution in [0, 0.1) is 5.92 Å². The van der Waals surface area contributed by atoms with Gasteiger partial charge in [0.15, 0.2) is 24.2 Å². The Labute approximate surface area is 276 Å². The van der Waals surface area contributed by atoms with Crippen LogP contribution in [0.1, 0.15) is 45.2 Å². The average molecular weight is 672 g/mol. The second-order valence-corrected chi connectivity index (χ2v) is 10.6. The lowest BCUT2D eigenvalue weighted by molar-refractivity contribution is -0.290. The van der Waals surface area contributed by atoms with E-state index in [1.807, 2.05) is 0 Å². The minimum atomic E-state index is -1.78. The van der Waals surface area contributed by atoms with Gasteiger partial charge in [-0.05, 0) is 17.5 Å². The Morgan fingerprint density at radius 1 is 0.625 bits per heavy atom. The highest BCUT2D eigenvalue weighted by Crippen LogP contribution is 2.30. The molecular weight excluding hydrogens is 634 g/mol. The van der Waals surface area contributed by atoms with Crippen molar-refractivity contribution in [1.82, 2.24) is 5.32 Å². The van der Waals surface area contributed by atoms with Gasteiger partial charge in [0.2, 0.25) is 12.4 Å². The summed E-state index contributed by atoms with van der Waals surface area (Å²) in [6.07, 6.45) is -8.75. The van der Waals surface area contributed by atoms with Gasteiger partial charge in [0.1, 0.15) is 13.2 Å². The fraction of sp³-hybridized carbons (Fsp3) is 0.424. The lowest BCUT2D eigenvalue weighted by Crippen LogP contribution is -2.65. The van der Waals surface area contributed by atoms with E-state index < -0.39 is 78.3 Å². The second kappa shape index (κ2) is 18.1. The topological polar surface area (TPSA) is 196 Å². The molecule has 3 rings (SSSR count). The summed E-state index contributed by atoms with van der Waals surface area (Å²) in [7, 11) is 0. The zero-order valence-corrected chi connectivity index (χ0v) is 26.8. The third-order valence-electron chi connectivity index (χ3n) is 6.69. The van der Waals surface area contributed by atoms with Crippen molar-refractivity contribution >= 4 is 41.7 Å². The van der Waals surface area contributed by atoms with E-state index in [-0.39, 0.29) is 26.2 Å². The summed E-state index contributed by atoms with van der Waals surface area (Å²) < 4.78 is 37.2. The minimum Gasteiger partial charge on any atom is -0.460 e.